The largest absolute Gasteiger partial charge is 0.467 e. The Morgan fingerprint density at radius 2 is 2.15 bits per heavy atom. The van der Waals surface area contributed by atoms with E-state index in [1.165, 1.54) is 24.0 Å². The van der Waals surface area contributed by atoms with Crippen LogP contribution in [0.15, 0.2) is 6.07 Å². The van der Waals surface area contributed by atoms with Crippen molar-refractivity contribution in [1.29, 1.82) is 0 Å². The number of amides is 1. The van der Waals surface area contributed by atoms with Crippen molar-refractivity contribution < 1.29 is 14.3 Å². The first-order valence-electron chi connectivity index (χ1n) is 6.86. The second kappa shape index (κ2) is 5.56. The van der Waals surface area contributed by atoms with Gasteiger partial charge in [0.05, 0.1) is 12.0 Å². The third kappa shape index (κ3) is 3.03. The van der Waals surface area contributed by atoms with Crippen LogP contribution in [0.4, 0.5) is 0 Å². The second-order valence-corrected chi connectivity index (χ2v) is 7.11. The van der Waals surface area contributed by atoms with Crippen LogP contribution in [0, 0.1) is 5.92 Å². The van der Waals surface area contributed by atoms with Gasteiger partial charge >= 0.3 is 5.97 Å². The number of carbonyl (C=O) groups excluding carboxylic acids is 2. The summed E-state index contributed by atoms with van der Waals surface area (Å²) in [6, 6.07) is 1.97. The van der Waals surface area contributed by atoms with Crippen LogP contribution in [0.3, 0.4) is 0 Å². The maximum Gasteiger partial charge on any atom is 0.330 e. The summed E-state index contributed by atoms with van der Waals surface area (Å²) >= 11 is 1.54. The van der Waals surface area contributed by atoms with Gasteiger partial charge < -0.3 is 10.1 Å². The molecule has 1 amide bonds. The minimum atomic E-state index is -1.01. The molecule has 1 aliphatic rings. The molecule has 1 aliphatic carbocycles. The van der Waals surface area contributed by atoms with Crippen molar-refractivity contribution in [2.24, 2.45) is 5.92 Å². The van der Waals surface area contributed by atoms with Crippen molar-refractivity contribution in [2.75, 3.05) is 7.11 Å². The Kier molecular flexibility index (Phi) is 4.18. The lowest BCUT2D eigenvalue weighted by molar-refractivity contribution is -0.146. The van der Waals surface area contributed by atoms with Crippen molar-refractivity contribution in [3.8, 4) is 0 Å². The summed E-state index contributed by atoms with van der Waals surface area (Å²) in [5, 5.41) is 2.74. The Morgan fingerprint density at radius 3 is 2.80 bits per heavy atom. The molecule has 1 heterocycles. The van der Waals surface area contributed by atoms with Crippen molar-refractivity contribution >= 4 is 23.2 Å². The number of fused-ring (bicyclic) bond motifs is 1. The number of esters is 1. The molecule has 2 rings (SSSR count). The third-order valence-electron chi connectivity index (χ3n) is 3.67. The molecule has 1 N–H and O–H groups in total. The number of methoxy groups -OCH3 is 1. The Labute approximate surface area is 123 Å². The molecule has 1 aromatic rings. The molecular formula is C15H21NO3S. The highest BCUT2D eigenvalue weighted by Gasteiger charge is 2.31. The molecule has 20 heavy (non-hydrogen) atoms. The fourth-order valence-electron chi connectivity index (χ4n) is 2.47. The van der Waals surface area contributed by atoms with Gasteiger partial charge in [0.25, 0.3) is 5.91 Å². The van der Waals surface area contributed by atoms with Gasteiger partial charge in [-0.3, -0.25) is 4.79 Å². The standard InChI is InChI=1S/C15H21NO3S/c1-9-5-6-11-10(7-9)8-12(20-11)13(17)16-15(2,3)14(18)19-4/h8-9H,5-7H2,1-4H3,(H,16,17)/t9-/m0/s1. The van der Waals surface area contributed by atoms with Gasteiger partial charge in [0, 0.05) is 4.88 Å². The minimum absolute atomic E-state index is 0.201. The molecule has 110 valence electrons. The average molecular weight is 295 g/mol. The number of nitrogens with one attached hydrogen (secondary N) is 1. The summed E-state index contributed by atoms with van der Waals surface area (Å²) in [6.07, 6.45) is 3.27. The number of thiophene rings is 1. The Bertz CT molecular complexity index is 533. The van der Waals surface area contributed by atoms with Gasteiger partial charge in [-0.15, -0.1) is 11.3 Å². The predicted octanol–water partition coefficient (Wildman–Crippen LogP) is 2.55. The maximum atomic E-state index is 12.3. The molecule has 4 nitrogen and oxygen atoms in total. The summed E-state index contributed by atoms with van der Waals surface area (Å²) in [5.41, 5.74) is 0.277. The smallest absolute Gasteiger partial charge is 0.330 e. The van der Waals surface area contributed by atoms with E-state index in [4.69, 9.17) is 4.74 Å². The van der Waals surface area contributed by atoms with Crippen LogP contribution in [-0.4, -0.2) is 24.5 Å². The Balaban J connectivity index is 2.13. The van der Waals surface area contributed by atoms with Gasteiger partial charge in [0.15, 0.2) is 0 Å². The number of hydrogen-bond donors (Lipinski definition) is 1. The van der Waals surface area contributed by atoms with Crippen molar-refractivity contribution in [3.63, 3.8) is 0 Å². The van der Waals surface area contributed by atoms with E-state index in [1.54, 1.807) is 25.2 Å². The molecule has 0 aliphatic heterocycles. The number of ether oxygens (including phenoxy) is 1. The molecule has 5 heteroatoms. The molecule has 1 aromatic heterocycles. The molecule has 0 spiro atoms. The van der Waals surface area contributed by atoms with Crippen LogP contribution in [0.25, 0.3) is 0 Å². The topological polar surface area (TPSA) is 55.4 Å². The Morgan fingerprint density at radius 1 is 1.45 bits per heavy atom. The third-order valence-corrected chi connectivity index (χ3v) is 4.91. The summed E-state index contributed by atoms with van der Waals surface area (Å²) < 4.78 is 4.70. The second-order valence-electron chi connectivity index (χ2n) is 5.98. The van der Waals surface area contributed by atoms with Crippen LogP contribution >= 0.6 is 11.3 Å². The quantitative estimate of drug-likeness (QED) is 0.872. The lowest BCUT2D eigenvalue weighted by Crippen LogP contribution is -2.50. The SMILES string of the molecule is COC(=O)C(C)(C)NC(=O)c1cc2c(s1)CC[C@H](C)C2. The first kappa shape index (κ1) is 15.0. The summed E-state index contributed by atoms with van der Waals surface area (Å²) in [5.74, 6) is 0.0350. The molecule has 0 fully saturated rings. The van der Waals surface area contributed by atoms with Gasteiger partial charge in [0.1, 0.15) is 5.54 Å². The van der Waals surface area contributed by atoms with Gasteiger partial charge in [0.2, 0.25) is 0 Å². The monoisotopic (exact) mass is 295 g/mol. The van der Waals surface area contributed by atoms with Crippen LogP contribution in [0.5, 0.6) is 0 Å². The van der Waals surface area contributed by atoms with E-state index in [1.807, 2.05) is 6.07 Å². The van der Waals surface area contributed by atoms with E-state index in [-0.39, 0.29) is 5.91 Å². The summed E-state index contributed by atoms with van der Waals surface area (Å²) in [7, 11) is 1.32. The van der Waals surface area contributed by atoms with E-state index in [0.29, 0.717) is 10.8 Å². The first-order chi connectivity index (χ1) is 9.33. The van der Waals surface area contributed by atoms with E-state index in [9.17, 15) is 9.59 Å². The zero-order valence-corrected chi connectivity index (χ0v) is 13.2. The highest BCUT2D eigenvalue weighted by atomic mass is 32.1. The lowest BCUT2D eigenvalue weighted by atomic mass is 9.90. The molecule has 0 unspecified atom stereocenters. The maximum absolute atomic E-state index is 12.3. The van der Waals surface area contributed by atoms with Crippen LogP contribution in [-0.2, 0) is 22.4 Å². The van der Waals surface area contributed by atoms with Crippen molar-refractivity contribution in [3.05, 3.63) is 21.4 Å². The van der Waals surface area contributed by atoms with Crippen LogP contribution in [0.2, 0.25) is 0 Å². The number of carbonyl (C=O) groups is 2. The summed E-state index contributed by atoms with van der Waals surface area (Å²) in [4.78, 5) is 25.9. The van der Waals surface area contributed by atoms with Crippen molar-refractivity contribution in [2.45, 2.75) is 45.6 Å². The molecule has 1 atom stereocenters. The predicted molar refractivity (Wildman–Crippen MR) is 79.1 cm³/mol. The zero-order chi connectivity index (χ0) is 14.9. The van der Waals surface area contributed by atoms with E-state index in [0.717, 1.165) is 12.8 Å². The van der Waals surface area contributed by atoms with E-state index >= 15 is 0 Å². The zero-order valence-electron chi connectivity index (χ0n) is 12.4. The van der Waals surface area contributed by atoms with Crippen LogP contribution < -0.4 is 5.32 Å². The number of rotatable bonds is 3. The van der Waals surface area contributed by atoms with E-state index < -0.39 is 11.5 Å². The Hall–Kier alpha value is -1.36. The molecular weight excluding hydrogens is 274 g/mol. The fourth-order valence-corrected chi connectivity index (χ4v) is 3.57. The fraction of sp³-hybridized carbons (Fsp3) is 0.600. The highest BCUT2D eigenvalue weighted by molar-refractivity contribution is 7.14. The number of hydrogen-bond acceptors (Lipinski definition) is 4. The normalized spacial score (nSPS) is 18.3. The molecule has 0 aromatic carbocycles. The molecule has 0 saturated heterocycles. The summed E-state index contributed by atoms with van der Waals surface area (Å²) in [6.45, 7) is 5.53. The van der Waals surface area contributed by atoms with Gasteiger partial charge in [-0.1, -0.05) is 6.92 Å². The molecule has 0 bridgehead atoms. The number of aryl methyl sites for hydroxylation is 1. The molecule has 0 saturated carbocycles. The van der Waals surface area contributed by atoms with Gasteiger partial charge in [-0.25, -0.2) is 4.79 Å². The minimum Gasteiger partial charge on any atom is -0.467 e. The van der Waals surface area contributed by atoms with Gasteiger partial charge in [-0.2, -0.15) is 0 Å². The van der Waals surface area contributed by atoms with E-state index in [2.05, 4.69) is 12.2 Å². The van der Waals surface area contributed by atoms with Crippen LogP contribution in [0.1, 0.15) is 47.3 Å². The first-order valence-corrected chi connectivity index (χ1v) is 7.67. The van der Waals surface area contributed by atoms with Crippen molar-refractivity contribution in [1.82, 2.24) is 5.32 Å². The lowest BCUT2D eigenvalue weighted by Gasteiger charge is -2.22. The highest BCUT2D eigenvalue weighted by Crippen LogP contribution is 2.32. The molecule has 0 radical (unpaired) electrons. The average Bonchev–Trinajstić information content (AvgIpc) is 2.80. The van der Waals surface area contributed by atoms with Gasteiger partial charge in [-0.05, 0) is 50.7 Å².